The van der Waals surface area contributed by atoms with Gasteiger partial charge in [0.15, 0.2) is 0 Å². The van der Waals surface area contributed by atoms with Gasteiger partial charge < -0.3 is 19.5 Å². The van der Waals surface area contributed by atoms with Crippen LogP contribution in [-0.4, -0.2) is 41.0 Å². The summed E-state index contributed by atoms with van der Waals surface area (Å²) in [5.74, 6) is -2.06. The molecule has 0 bridgehead atoms. The summed E-state index contributed by atoms with van der Waals surface area (Å²) in [5, 5.41) is 18.9. The summed E-state index contributed by atoms with van der Waals surface area (Å²) in [5.41, 5.74) is 0.786. The molecule has 1 rings (SSSR count). The van der Waals surface area contributed by atoms with Crippen LogP contribution in [0.25, 0.3) is 0 Å². The van der Waals surface area contributed by atoms with Crippen molar-refractivity contribution in [1.82, 2.24) is 0 Å². The standard InChI is InChI=1S/C22H32O8/c1-13(12-28-17(23)8-9-18(24)30-27)29-20(26)14-10-15(21(2,3)4)19(25)16(11-14)22(5,6)7/h10-11,13,25,27H,8-9,12H2,1-7H3. The van der Waals surface area contributed by atoms with Gasteiger partial charge in [0.25, 0.3) is 0 Å². The van der Waals surface area contributed by atoms with Crippen LogP contribution in [0.15, 0.2) is 12.1 Å². The molecule has 0 aliphatic rings. The lowest BCUT2D eigenvalue weighted by atomic mass is 9.78. The van der Waals surface area contributed by atoms with Gasteiger partial charge in [-0.05, 0) is 29.9 Å². The molecular formula is C22H32O8. The molecule has 0 aromatic heterocycles. The van der Waals surface area contributed by atoms with E-state index in [1.54, 1.807) is 19.1 Å². The number of esters is 2. The molecule has 1 aromatic rings. The molecule has 0 heterocycles. The number of phenols is 1. The maximum Gasteiger partial charge on any atom is 0.342 e. The fraction of sp³-hybridized carbons (Fsp3) is 0.591. The Morgan fingerprint density at radius 1 is 0.933 bits per heavy atom. The number of aromatic hydroxyl groups is 1. The van der Waals surface area contributed by atoms with Gasteiger partial charge in [0.2, 0.25) is 0 Å². The van der Waals surface area contributed by atoms with E-state index in [1.807, 2.05) is 41.5 Å². The first-order chi connectivity index (χ1) is 13.7. The summed E-state index contributed by atoms with van der Waals surface area (Å²) in [6.07, 6.45) is -1.31. The fourth-order valence-electron chi connectivity index (χ4n) is 2.71. The molecular weight excluding hydrogens is 392 g/mol. The number of phenolic OH excluding ortho intramolecular Hbond substituents is 1. The number of hydrogen-bond acceptors (Lipinski definition) is 8. The predicted molar refractivity (Wildman–Crippen MR) is 109 cm³/mol. The van der Waals surface area contributed by atoms with Crippen molar-refractivity contribution < 1.29 is 39.1 Å². The largest absolute Gasteiger partial charge is 0.507 e. The van der Waals surface area contributed by atoms with Crippen LogP contribution in [0.1, 0.15) is 82.8 Å². The van der Waals surface area contributed by atoms with Crippen LogP contribution in [0.3, 0.4) is 0 Å². The highest BCUT2D eigenvalue weighted by Gasteiger charge is 2.28. The summed E-state index contributed by atoms with van der Waals surface area (Å²) in [6.45, 7) is 13.0. The lowest BCUT2D eigenvalue weighted by Gasteiger charge is -2.28. The van der Waals surface area contributed by atoms with E-state index in [0.717, 1.165) is 0 Å². The van der Waals surface area contributed by atoms with Gasteiger partial charge in [-0.2, -0.15) is 5.26 Å². The van der Waals surface area contributed by atoms with Crippen molar-refractivity contribution in [2.24, 2.45) is 0 Å². The summed E-state index contributed by atoms with van der Waals surface area (Å²) in [6, 6.07) is 3.23. The Balaban J connectivity index is 2.90. The van der Waals surface area contributed by atoms with E-state index in [1.165, 1.54) is 0 Å². The van der Waals surface area contributed by atoms with Crippen molar-refractivity contribution >= 4 is 17.9 Å². The maximum absolute atomic E-state index is 12.7. The van der Waals surface area contributed by atoms with Crippen LogP contribution < -0.4 is 0 Å². The highest BCUT2D eigenvalue weighted by Crippen LogP contribution is 2.39. The van der Waals surface area contributed by atoms with E-state index >= 15 is 0 Å². The van der Waals surface area contributed by atoms with Gasteiger partial charge in [0, 0.05) is 11.1 Å². The minimum Gasteiger partial charge on any atom is -0.507 e. The van der Waals surface area contributed by atoms with Crippen LogP contribution in [0.5, 0.6) is 5.75 Å². The number of ether oxygens (including phenoxy) is 2. The number of rotatable bonds is 7. The first-order valence-electron chi connectivity index (χ1n) is 9.75. The molecule has 168 valence electrons. The first kappa shape index (κ1) is 25.4. The van der Waals surface area contributed by atoms with Crippen molar-refractivity contribution in [2.45, 2.75) is 78.2 Å². The molecule has 0 aliphatic carbocycles. The number of benzene rings is 1. The fourth-order valence-corrected chi connectivity index (χ4v) is 2.71. The first-order valence-corrected chi connectivity index (χ1v) is 9.75. The zero-order chi connectivity index (χ0) is 23.3. The lowest BCUT2D eigenvalue weighted by molar-refractivity contribution is -0.234. The molecule has 0 amide bonds. The zero-order valence-corrected chi connectivity index (χ0v) is 18.7. The third kappa shape index (κ3) is 7.33. The van der Waals surface area contributed by atoms with Crippen molar-refractivity contribution in [3.05, 3.63) is 28.8 Å². The second-order valence-electron chi connectivity index (χ2n) is 9.28. The number of carbonyl (C=O) groups excluding carboxylic acids is 3. The molecule has 1 atom stereocenters. The molecule has 8 nitrogen and oxygen atoms in total. The minimum absolute atomic E-state index is 0.162. The van der Waals surface area contributed by atoms with Gasteiger partial charge >= 0.3 is 17.9 Å². The van der Waals surface area contributed by atoms with Gasteiger partial charge in [-0.15, -0.1) is 0 Å². The Labute approximate surface area is 177 Å². The van der Waals surface area contributed by atoms with Gasteiger partial charge in [-0.25, -0.2) is 9.59 Å². The van der Waals surface area contributed by atoms with E-state index in [9.17, 15) is 19.5 Å². The Morgan fingerprint density at radius 3 is 1.83 bits per heavy atom. The summed E-state index contributed by atoms with van der Waals surface area (Å²) in [7, 11) is 0. The topological polar surface area (TPSA) is 119 Å². The molecule has 0 aliphatic heterocycles. The van der Waals surface area contributed by atoms with E-state index < -0.39 is 34.8 Å². The molecule has 0 fully saturated rings. The Morgan fingerprint density at radius 2 is 1.40 bits per heavy atom. The Bertz CT molecular complexity index is 748. The molecule has 30 heavy (non-hydrogen) atoms. The van der Waals surface area contributed by atoms with Crippen LogP contribution >= 0.6 is 0 Å². The molecule has 0 saturated carbocycles. The second-order valence-corrected chi connectivity index (χ2v) is 9.28. The van der Waals surface area contributed by atoms with Crippen LogP contribution in [0.2, 0.25) is 0 Å². The van der Waals surface area contributed by atoms with Gasteiger partial charge in [-0.3, -0.25) is 4.79 Å². The monoisotopic (exact) mass is 424 g/mol. The van der Waals surface area contributed by atoms with Gasteiger partial charge in [0.1, 0.15) is 18.5 Å². The van der Waals surface area contributed by atoms with Crippen LogP contribution in [0, 0.1) is 0 Å². The number of hydrogen-bond donors (Lipinski definition) is 2. The minimum atomic E-state index is -0.942. The van der Waals surface area contributed by atoms with Gasteiger partial charge in [0.05, 0.1) is 18.4 Å². The third-order valence-electron chi connectivity index (χ3n) is 4.38. The van der Waals surface area contributed by atoms with Crippen molar-refractivity contribution in [1.29, 1.82) is 0 Å². The summed E-state index contributed by atoms with van der Waals surface area (Å²) >= 11 is 0. The molecule has 8 heteroatoms. The average molecular weight is 424 g/mol. The lowest BCUT2D eigenvalue weighted by Crippen LogP contribution is -2.24. The van der Waals surface area contributed by atoms with Crippen molar-refractivity contribution in [3.8, 4) is 5.75 Å². The van der Waals surface area contributed by atoms with Crippen LogP contribution in [-0.2, 0) is 34.8 Å². The second kappa shape index (κ2) is 9.93. The zero-order valence-electron chi connectivity index (χ0n) is 18.7. The van der Waals surface area contributed by atoms with E-state index in [0.29, 0.717) is 16.7 Å². The summed E-state index contributed by atoms with van der Waals surface area (Å²) in [4.78, 5) is 38.6. The maximum atomic E-state index is 12.7. The predicted octanol–water partition coefficient (Wildman–Crippen LogP) is 3.87. The molecule has 1 aromatic carbocycles. The smallest absolute Gasteiger partial charge is 0.342 e. The SMILES string of the molecule is CC(COC(=O)CCC(=O)OO)OC(=O)c1cc(C(C)(C)C)c(O)c(C(C)(C)C)c1. The normalized spacial score (nSPS) is 12.8. The van der Waals surface area contributed by atoms with E-state index in [2.05, 4.69) is 4.89 Å². The van der Waals surface area contributed by atoms with Crippen molar-refractivity contribution in [2.75, 3.05) is 6.61 Å². The van der Waals surface area contributed by atoms with Gasteiger partial charge in [-0.1, -0.05) is 41.5 Å². The molecule has 1 unspecified atom stereocenters. The quantitative estimate of drug-likeness (QED) is 0.293. The Hall–Kier alpha value is -2.61. The summed E-state index contributed by atoms with van der Waals surface area (Å²) < 4.78 is 10.3. The molecule has 0 saturated heterocycles. The Kier molecular flexibility index (Phi) is 8.42. The van der Waals surface area contributed by atoms with E-state index in [4.69, 9.17) is 14.7 Å². The third-order valence-corrected chi connectivity index (χ3v) is 4.38. The highest BCUT2D eigenvalue weighted by molar-refractivity contribution is 5.90. The molecule has 0 radical (unpaired) electrons. The van der Waals surface area contributed by atoms with Crippen molar-refractivity contribution in [3.63, 3.8) is 0 Å². The number of carbonyl (C=O) groups is 3. The average Bonchev–Trinajstić information content (AvgIpc) is 2.62. The molecule has 2 N–H and O–H groups in total. The molecule has 0 spiro atoms. The van der Waals surface area contributed by atoms with E-state index in [-0.39, 0.29) is 25.2 Å². The highest BCUT2D eigenvalue weighted by atomic mass is 17.1. The van der Waals surface area contributed by atoms with Crippen LogP contribution in [0.4, 0.5) is 0 Å².